The lowest BCUT2D eigenvalue weighted by atomic mass is 9.97. The van der Waals surface area contributed by atoms with Crippen LogP contribution in [0.4, 0.5) is 0 Å². The first-order valence-corrected chi connectivity index (χ1v) is 9.13. The van der Waals surface area contributed by atoms with Gasteiger partial charge in [-0.2, -0.15) is 0 Å². The number of aliphatic imine (C=N–C) groups is 1. The number of hydrogen-bond acceptors (Lipinski definition) is 4. The van der Waals surface area contributed by atoms with Gasteiger partial charge in [0.25, 0.3) is 0 Å². The predicted octanol–water partition coefficient (Wildman–Crippen LogP) is 2.23. The first-order chi connectivity index (χ1) is 12.2. The second-order valence-electron chi connectivity index (χ2n) is 6.56. The Hall–Kier alpha value is -1.95. The first kappa shape index (κ1) is 19.4. The van der Waals surface area contributed by atoms with Crippen LogP contribution < -0.4 is 20.5 Å². The van der Waals surface area contributed by atoms with Crippen molar-refractivity contribution in [3.8, 4) is 11.5 Å². The van der Waals surface area contributed by atoms with Crippen LogP contribution in [-0.4, -0.2) is 51.3 Å². The number of methoxy groups -OCH3 is 2. The SMILES string of the molecule is CCCN1CCC(CNC(N)=NCc2ccc(OC)c(OC)c2)CC1. The van der Waals surface area contributed by atoms with Crippen molar-refractivity contribution in [2.45, 2.75) is 32.7 Å². The summed E-state index contributed by atoms with van der Waals surface area (Å²) >= 11 is 0. The summed E-state index contributed by atoms with van der Waals surface area (Å²) in [6, 6.07) is 5.79. The topological polar surface area (TPSA) is 72.1 Å². The minimum Gasteiger partial charge on any atom is -0.493 e. The number of piperidine rings is 1. The third-order valence-corrected chi connectivity index (χ3v) is 4.70. The normalized spacial score (nSPS) is 16.7. The van der Waals surface area contributed by atoms with E-state index in [2.05, 4.69) is 22.1 Å². The van der Waals surface area contributed by atoms with Gasteiger partial charge in [-0.3, -0.25) is 0 Å². The molecule has 6 nitrogen and oxygen atoms in total. The van der Waals surface area contributed by atoms with E-state index in [1.807, 2.05) is 18.2 Å². The fourth-order valence-electron chi connectivity index (χ4n) is 3.19. The summed E-state index contributed by atoms with van der Waals surface area (Å²) < 4.78 is 10.6. The number of hydrogen-bond donors (Lipinski definition) is 2. The zero-order valence-electron chi connectivity index (χ0n) is 15.8. The Kier molecular flexibility index (Phi) is 7.85. The molecular formula is C19H32N4O2. The van der Waals surface area contributed by atoms with Crippen molar-refractivity contribution in [2.75, 3.05) is 40.4 Å². The van der Waals surface area contributed by atoms with E-state index in [4.69, 9.17) is 15.2 Å². The van der Waals surface area contributed by atoms with Crippen molar-refractivity contribution < 1.29 is 9.47 Å². The standard InChI is InChI=1S/C19H32N4O2/c1-4-9-23-10-7-15(8-11-23)13-21-19(20)22-14-16-5-6-17(24-2)18(12-16)25-3/h5-6,12,15H,4,7-11,13-14H2,1-3H3,(H3,20,21,22). The number of likely N-dealkylation sites (tertiary alicyclic amines) is 1. The van der Waals surface area contributed by atoms with E-state index in [-0.39, 0.29) is 0 Å². The predicted molar refractivity (Wildman–Crippen MR) is 102 cm³/mol. The largest absolute Gasteiger partial charge is 0.493 e. The second-order valence-corrected chi connectivity index (χ2v) is 6.56. The van der Waals surface area contributed by atoms with E-state index in [9.17, 15) is 0 Å². The van der Waals surface area contributed by atoms with Gasteiger partial charge in [-0.15, -0.1) is 0 Å². The molecule has 1 saturated heterocycles. The molecule has 0 bridgehead atoms. The average molecular weight is 348 g/mol. The van der Waals surface area contributed by atoms with E-state index >= 15 is 0 Å². The maximum Gasteiger partial charge on any atom is 0.188 e. The molecule has 1 heterocycles. The number of benzene rings is 1. The van der Waals surface area contributed by atoms with Crippen LogP contribution in [-0.2, 0) is 6.54 Å². The summed E-state index contributed by atoms with van der Waals surface area (Å²) in [5.74, 6) is 2.62. The molecule has 0 spiro atoms. The van der Waals surface area contributed by atoms with Gasteiger partial charge < -0.3 is 25.4 Å². The number of guanidine groups is 1. The highest BCUT2D eigenvalue weighted by Gasteiger charge is 2.18. The molecular weight excluding hydrogens is 316 g/mol. The Bertz CT molecular complexity index is 554. The third kappa shape index (κ3) is 6.12. The lowest BCUT2D eigenvalue weighted by Gasteiger charge is -2.31. The molecule has 3 N–H and O–H groups in total. The van der Waals surface area contributed by atoms with E-state index < -0.39 is 0 Å². The Morgan fingerprint density at radius 3 is 2.60 bits per heavy atom. The van der Waals surface area contributed by atoms with Crippen LogP contribution in [0.2, 0.25) is 0 Å². The van der Waals surface area contributed by atoms with Gasteiger partial charge in [-0.05, 0) is 62.5 Å². The van der Waals surface area contributed by atoms with Gasteiger partial charge in [0.05, 0.1) is 20.8 Å². The summed E-state index contributed by atoms with van der Waals surface area (Å²) in [4.78, 5) is 6.98. The lowest BCUT2D eigenvalue weighted by Crippen LogP contribution is -2.41. The molecule has 0 unspecified atom stereocenters. The van der Waals surface area contributed by atoms with Crippen LogP contribution in [0, 0.1) is 5.92 Å². The number of nitrogens with zero attached hydrogens (tertiary/aromatic N) is 2. The first-order valence-electron chi connectivity index (χ1n) is 9.13. The highest BCUT2D eigenvalue weighted by atomic mass is 16.5. The Morgan fingerprint density at radius 1 is 1.24 bits per heavy atom. The summed E-state index contributed by atoms with van der Waals surface area (Å²) in [6.45, 7) is 7.28. The molecule has 0 aromatic heterocycles. The minimum absolute atomic E-state index is 0.505. The van der Waals surface area contributed by atoms with Crippen LogP contribution in [0.15, 0.2) is 23.2 Å². The Balaban J connectivity index is 1.76. The van der Waals surface area contributed by atoms with Crippen molar-refractivity contribution in [1.82, 2.24) is 10.2 Å². The molecule has 25 heavy (non-hydrogen) atoms. The van der Waals surface area contributed by atoms with Crippen LogP contribution in [0.3, 0.4) is 0 Å². The molecule has 1 aliphatic heterocycles. The van der Waals surface area contributed by atoms with E-state index in [0.29, 0.717) is 24.2 Å². The zero-order valence-corrected chi connectivity index (χ0v) is 15.8. The van der Waals surface area contributed by atoms with Crippen LogP contribution in [0.5, 0.6) is 11.5 Å². The lowest BCUT2D eigenvalue weighted by molar-refractivity contribution is 0.185. The molecule has 1 aromatic carbocycles. The molecule has 0 radical (unpaired) electrons. The quantitative estimate of drug-likeness (QED) is 0.557. The number of nitrogens with one attached hydrogen (secondary N) is 1. The molecule has 6 heteroatoms. The van der Waals surface area contributed by atoms with E-state index in [1.54, 1.807) is 14.2 Å². The smallest absolute Gasteiger partial charge is 0.188 e. The van der Waals surface area contributed by atoms with Crippen molar-refractivity contribution in [3.63, 3.8) is 0 Å². The molecule has 0 saturated carbocycles. The fourth-order valence-corrected chi connectivity index (χ4v) is 3.19. The third-order valence-electron chi connectivity index (χ3n) is 4.70. The monoisotopic (exact) mass is 348 g/mol. The maximum absolute atomic E-state index is 6.01. The van der Waals surface area contributed by atoms with Crippen LogP contribution >= 0.6 is 0 Å². The second kappa shape index (κ2) is 10.1. The number of rotatable bonds is 8. The molecule has 1 fully saturated rings. The zero-order chi connectivity index (χ0) is 18.1. The summed E-state index contributed by atoms with van der Waals surface area (Å²) in [6.07, 6.45) is 3.70. The van der Waals surface area contributed by atoms with Crippen molar-refractivity contribution in [2.24, 2.45) is 16.6 Å². The van der Waals surface area contributed by atoms with Gasteiger partial charge in [0, 0.05) is 6.54 Å². The highest BCUT2D eigenvalue weighted by molar-refractivity contribution is 5.77. The Morgan fingerprint density at radius 2 is 1.96 bits per heavy atom. The van der Waals surface area contributed by atoms with Crippen molar-refractivity contribution in [1.29, 1.82) is 0 Å². The van der Waals surface area contributed by atoms with Crippen LogP contribution in [0.1, 0.15) is 31.7 Å². The summed E-state index contributed by atoms with van der Waals surface area (Å²) in [5.41, 5.74) is 7.05. The number of ether oxygens (including phenoxy) is 2. The minimum atomic E-state index is 0.505. The Labute approximate surface area is 151 Å². The van der Waals surface area contributed by atoms with Crippen molar-refractivity contribution >= 4 is 5.96 Å². The molecule has 140 valence electrons. The highest BCUT2D eigenvalue weighted by Crippen LogP contribution is 2.27. The molecule has 0 atom stereocenters. The van der Waals surface area contributed by atoms with Gasteiger partial charge in [-0.1, -0.05) is 13.0 Å². The summed E-state index contributed by atoms with van der Waals surface area (Å²) in [7, 11) is 3.26. The van der Waals surface area contributed by atoms with Crippen molar-refractivity contribution in [3.05, 3.63) is 23.8 Å². The van der Waals surface area contributed by atoms with Gasteiger partial charge in [0.2, 0.25) is 0 Å². The van der Waals surface area contributed by atoms with Gasteiger partial charge in [0.1, 0.15) is 0 Å². The summed E-state index contributed by atoms with van der Waals surface area (Å²) in [5, 5.41) is 3.27. The molecule has 0 amide bonds. The maximum atomic E-state index is 6.01. The van der Waals surface area contributed by atoms with Gasteiger partial charge in [0.15, 0.2) is 17.5 Å². The average Bonchev–Trinajstić information content (AvgIpc) is 2.65. The molecule has 0 aliphatic carbocycles. The molecule has 1 aliphatic rings. The van der Waals surface area contributed by atoms with E-state index in [1.165, 1.54) is 38.9 Å². The molecule has 1 aromatic rings. The van der Waals surface area contributed by atoms with Gasteiger partial charge >= 0.3 is 0 Å². The number of nitrogens with two attached hydrogens (primary N) is 1. The van der Waals surface area contributed by atoms with Gasteiger partial charge in [-0.25, -0.2) is 4.99 Å². The van der Waals surface area contributed by atoms with Crippen LogP contribution in [0.25, 0.3) is 0 Å². The molecule has 2 rings (SSSR count). The fraction of sp³-hybridized carbons (Fsp3) is 0.632. The van der Waals surface area contributed by atoms with E-state index in [0.717, 1.165) is 17.9 Å².